The van der Waals surface area contributed by atoms with Crippen molar-refractivity contribution in [1.82, 2.24) is 5.32 Å². The molecule has 2 aliphatic rings. The lowest BCUT2D eigenvalue weighted by Crippen LogP contribution is -2.26. The van der Waals surface area contributed by atoms with Crippen LogP contribution < -0.4 is 10.6 Å². The summed E-state index contributed by atoms with van der Waals surface area (Å²) in [4.78, 5) is 16.6. The fourth-order valence-electron chi connectivity index (χ4n) is 3.01. The van der Waals surface area contributed by atoms with Crippen molar-refractivity contribution >= 4 is 28.5 Å². The molecule has 0 radical (unpaired) electrons. The van der Waals surface area contributed by atoms with Crippen molar-refractivity contribution in [1.29, 1.82) is 0 Å². The first-order valence-corrected chi connectivity index (χ1v) is 9.68. The van der Waals surface area contributed by atoms with E-state index in [9.17, 15) is 4.79 Å². The number of carbonyl (C=O) groups excluding carboxylic acids is 1. The Morgan fingerprint density at radius 1 is 1.25 bits per heavy atom. The van der Waals surface area contributed by atoms with Crippen molar-refractivity contribution in [3.8, 4) is 0 Å². The van der Waals surface area contributed by atoms with Crippen LogP contribution in [0.2, 0.25) is 0 Å². The summed E-state index contributed by atoms with van der Waals surface area (Å²) in [7, 11) is 0. The predicted octanol–water partition coefficient (Wildman–Crippen LogP) is 3.97. The quantitative estimate of drug-likeness (QED) is 0.737. The molecule has 1 aromatic carbocycles. The van der Waals surface area contributed by atoms with Crippen molar-refractivity contribution in [2.75, 3.05) is 18.4 Å². The third-order valence-corrected chi connectivity index (χ3v) is 5.55. The van der Waals surface area contributed by atoms with Crippen molar-refractivity contribution in [2.24, 2.45) is 4.99 Å². The molecule has 4 nitrogen and oxygen atoms in total. The van der Waals surface area contributed by atoms with E-state index in [0.29, 0.717) is 0 Å². The summed E-state index contributed by atoms with van der Waals surface area (Å²) in [6, 6.07) is 10.1. The molecular formula is C19H25N3OS. The lowest BCUT2D eigenvalue weighted by atomic mass is 9.97. The first-order chi connectivity index (χ1) is 11.8. The maximum absolute atomic E-state index is 12.0. The second kappa shape index (κ2) is 8.92. The highest BCUT2D eigenvalue weighted by atomic mass is 32.2. The zero-order valence-corrected chi connectivity index (χ0v) is 14.8. The second-order valence-corrected chi connectivity index (χ2v) is 7.41. The number of aliphatic imine (C=N–C) groups is 1. The van der Waals surface area contributed by atoms with Crippen molar-refractivity contribution < 1.29 is 4.79 Å². The number of para-hydroxylation sites is 1. The number of rotatable bonds is 7. The van der Waals surface area contributed by atoms with Gasteiger partial charge in [-0.05, 0) is 50.7 Å². The highest BCUT2D eigenvalue weighted by Gasteiger charge is 2.29. The fourth-order valence-corrected chi connectivity index (χ4v) is 4.00. The van der Waals surface area contributed by atoms with Gasteiger partial charge in [-0.15, -0.1) is 0 Å². The lowest BCUT2D eigenvalue weighted by Gasteiger charge is -2.11. The van der Waals surface area contributed by atoms with Gasteiger partial charge in [0.2, 0.25) is 5.91 Å². The van der Waals surface area contributed by atoms with Gasteiger partial charge < -0.3 is 10.6 Å². The molecule has 5 heteroatoms. The Morgan fingerprint density at radius 2 is 2.12 bits per heavy atom. The molecule has 0 bridgehead atoms. The van der Waals surface area contributed by atoms with Crippen LogP contribution in [-0.2, 0) is 4.79 Å². The third-order valence-electron chi connectivity index (χ3n) is 4.36. The predicted molar refractivity (Wildman–Crippen MR) is 103 cm³/mol. The highest BCUT2D eigenvalue weighted by Crippen LogP contribution is 2.24. The molecule has 0 spiro atoms. The summed E-state index contributed by atoms with van der Waals surface area (Å²) >= 11 is 1.57. The average molecular weight is 343 g/mol. The molecule has 0 aromatic heterocycles. The van der Waals surface area contributed by atoms with Gasteiger partial charge in [-0.25, -0.2) is 0 Å². The topological polar surface area (TPSA) is 53.5 Å². The molecule has 24 heavy (non-hydrogen) atoms. The van der Waals surface area contributed by atoms with E-state index < -0.39 is 0 Å². The summed E-state index contributed by atoms with van der Waals surface area (Å²) in [6.45, 7) is 1.57. The number of hydrogen-bond donors (Lipinski definition) is 2. The average Bonchev–Trinajstić information content (AvgIpc) is 2.97. The van der Waals surface area contributed by atoms with E-state index >= 15 is 0 Å². The van der Waals surface area contributed by atoms with Crippen LogP contribution in [0.15, 0.2) is 47.0 Å². The fraction of sp³-hybridized carbons (Fsp3) is 0.474. The molecule has 1 saturated heterocycles. The number of allylic oxidation sites excluding steroid dienone is 1. The number of benzene rings is 1. The normalized spacial score (nSPS) is 22.3. The highest BCUT2D eigenvalue weighted by molar-refractivity contribution is 8.15. The minimum Gasteiger partial charge on any atom is -0.385 e. The van der Waals surface area contributed by atoms with Crippen molar-refractivity contribution in [3.63, 3.8) is 0 Å². The van der Waals surface area contributed by atoms with E-state index in [1.54, 1.807) is 11.8 Å². The maximum atomic E-state index is 12.0. The number of thioether (sulfide) groups is 1. The largest absolute Gasteiger partial charge is 0.385 e. The minimum atomic E-state index is -0.0335. The molecule has 1 atom stereocenters. The minimum absolute atomic E-state index is 0.0335. The zero-order valence-electron chi connectivity index (χ0n) is 14.0. The Labute approximate surface area is 148 Å². The van der Waals surface area contributed by atoms with Gasteiger partial charge in [0.15, 0.2) is 5.17 Å². The van der Waals surface area contributed by atoms with Crippen molar-refractivity contribution in [3.05, 3.63) is 42.0 Å². The van der Waals surface area contributed by atoms with Crippen LogP contribution in [0, 0.1) is 0 Å². The van der Waals surface area contributed by atoms with Crippen LogP contribution in [0.1, 0.15) is 38.5 Å². The molecule has 1 fully saturated rings. The molecule has 128 valence electrons. The Morgan fingerprint density at radius 3 is 2.92 bits per heavy atom. The number of anilines is 1. The van der Waals surface area contributed by atoms with Crippen LogP contribution in [0.3, 0.4) is 0 Å². The van der Waals surface area contributed by atoms with Gasteiger partial charge in [-0.1, -0.05) is 41.6 Å². The number of carbonyl (C=O) groups is 1. The van der Waals surface area contributed by atoms with Gasteiger partial charge in [0.1, 0.15) is 0 Å². The summed E-state index contributed by atoms with van der Waals surface area (Å²) in [5.41, 5.74) is 2.62. The van der Waals surface area contributed by atoms with Crippen LogP contribution in [-0.4, -0.2) is 29.4 Å². The van der Waals surface area contributed by atoms with Gasteiger partial charge in [-0.3, -0.25) is 9.79 Å². The summed E-state index contributed by atoms with van der Waals surface area (Å²) in [5, 5.41) is 7.03. The molecule has 1 aliphatic carbocycles. The number of amides is 1. The van der Waals surface area contributed by atoms with E-state index in [0.717, 1.165) is 36.8 Å². The smallest absolute Gasteiger partial charge is 0.239 e. The first kappa shape index (κ1) is 17.1. The van der Waals surface area contributed by atoms with E-state index in [2.05, 4.69) is 21.7 Å². The standard InChI is InChI=1S/C19H25N3OS/c23-18-17(12-14-20-16-9-5-2-6-10-16)24-19(22-18)21-13-11-15-7-3-1-4-8-15/h2,5-7,9-10,17,20H,1,3-4,8,11-14H2,(H,21,22,23). The number of amidine groups is 1. The van der Waals surface area contributed by atoms with Crippen LogP contribution in [0.25, 0.3) is 0 Å². The van der Waals surface area contributed by atoms with Gasteiger partial charge in [0.05, 0.1) is 5.25 Å². The van der Waals surface area contributed by atoms with E-state index in [1.807, 2.05) is 30.3 Å². The van der Waals surface area contributed by atoms with Crippen LogP contribution >= 0.6 is 11.8 Å². The first-order valence-electron chi connectivity index (χ1n) is 8.80. The van der Waals surface area contributed by atoms with E-state index in [1.165, 1.54) is 31.3 Å². The Bertz CT molecular complexity index is 612. The Hall–Kier alpha value is -1.75. The van der Waals surface area contributed by atoms with Gasteiger partial charge in [-0.2, -0.15) is 0 Å². The molecule has 1 aromatic rings. The molecular weight excluding hydrogens is 318 g/mol. The van der Waals surface area contributed by atoms with Gasteiger partial charge in [0.25, 0.3) is 0 Å². The molecule has 1 unspecified atom stereocenters. The Kier molecular flexibility index (Phi) is 6.35. The van der Waals surface area contributed by atoms with Gasteiger partial charge in [0, 0.05) is 18.8 Å². The van der Waals surface area contributed by atoms with Gasteiger partial charge >= 0.3 is 0 Å². The molecule has 3 rings (SSSR count). The van der Waals surface area contributed by atoms with Crippen LogP contribution in [0.5, 0.6) is 0 Å². The van der Waals surface area contributed by atoms with E-state index in [4.69, 9.17) is 0 Å². The molecule has 2 N–H and O–H groups in total. The summed E-state index contributed by atoms with van der Waals surface area (Å²) < 4.78 is 0. The Balaban J connectivity index is 1.40. The van der Waals surface area contributed by atoms with Crippen LogP contribution in [0.4, 0.5) is 5.69 Å². The monoisotopic (exact) mass is 343 g/mol. The molecule has 1 heterocycles. The lowest BCUT2D eigenvalue weighted by molar-refractivity contribution is -0.118. The zero-order chi connectivity index (χ0) is 16.6. The second-order valence-electron chi connectivity index (χ2n) is 6.22. The van der Waals surface area contributed by atoms with E-state index in [-0.39, 0.29) is 11.2 Å². The SMILES string of the molecule is O=C1NC(=NCCC2=CCCCC2)SC1CCNc1ccccc1. The molecule has 0 saturated carbocycles. The molecule has 1 amide bonds. The number of nitrogens with one attached hydrogen (secondary N) is 2. The number of nitrogens with zero attached hydrogens (tertiary/aromatic N) is 1. The molecule has 1 aliphatic heterocycles. The maximum Gasteiger partial charge on any atom is 0.239 e. The number of hydrogen-bond acceptors (Lipinski definition) is 4. The third kappa shape index (κ3) is 5.13. The van der Waals surface area contributed by atoms with Crippen molar-refractivity contribution in [2.45, 2.75) is 43.8 Å². The summed E-state index contributed by atoms with van der Waals surface area (Å²) in [5.74, 6) is 0.0884. The summed E-state index contributed by atoms with van der Waals surface area (Å²) in [6.07, 6.45) is 9.26.